The van der Waals surface area contributed by atoms with Gasteiger partial charge < -0.3 is 30.9 Å². The van der Waals surface area contributed by atoms with E-state index in [1.54, 1.807) is 72.8 Å². The SMILES string of the molecule is CCN(CC)CCNC(=O)c1ccc(NC(=O)Nc2ccc(Oc3ccc(NC(C)=O)cc3)cc2)cc1. The van der Waals surface area contributed by atoms with Crippen molar-refractivity contribution < 1.29 is 19.1 Å². The highest BCUT2D eigenvalue weighted by molar-refractivity contribution is 6.00. The number of nitrogens with one attached hydrogen (secondary N) is 4. The number of rotatable bonds is 11. The average Bonchev–Trinajstić information content (AvgIpc) is 2.89. The fourth-order valence-corrected chi connectivity index (χ4v) is 3.52. The molecule has 0 aromatic heterocycles. The van der Waals surface area contributed by atoms with Crippen LogP contribution in [0.25, 0.3) is 0 Å². The Hall–Kier alpha value is -4.37. The third kappa shape index (κ3) is 8.97. The minimum atomic E-state index is -0.404. The molecule has 0 heterocycles. The number of amides is 4. The van der Waals surface area contributed by atoms with E-state index in [4.69, 9.17) is 4.74 Å². The predicted molar refractivity (Wildman–Crippen MR) is 146 cm³/mol. The summed E-state index contributed by atoms with van der Waals surface area (Å²) in [7, 11) is 0. The molecule has 3 aromatic carbocycles. The Morgan fingerprint density at radius 3 is 1.62 bits per heavy atom. The molecule has 0 unspecified atom stereocenters. The van der Waals surface area contributed by atoms with Gasteiger partial charge in [-0.15, -0.1) is 0 Å². The first kappa shape index (κ1) is 27.2. The second-order valence-electron chi connectivity index (χ2n) is 8.27. The van der Waals surface area contributed by atoms with Gasteiger partial charge in [-0.3, -0.25) is 9.59 Å². The van der Waals surface area contributed by atoms with Gasteiger partial charge in [-0.25, -0.2) is 4.79 Å². The summed E-state index contributed by atoms with van der Waals surface area (Å²) in [5, 5.41) is 11.1. The third-order valence-corrected chi connectivity index (χ3v) is 5.54. The maximum absolute atomic E-state index is 12.4. The van der Waals surface area contributed by atoms with Crippen LogP contribution in [0.5, 0.6) is 11.5 Å². The van der Waals surface area contributed by atoms with Crippen LogP contribution in [0.15, 0.2) is 72.8 Å². The molecular weight excluding hydrogens is 470 g/mol. The van der Waals surface area contributed by atoms with Crippen molar-refractivity contribution in [1.29, 1.82) is 0 Å². The van der Waals surface area contributed by atoms with Crippen LogP contribution in [0.2, 0.25) is 0 Å². The molecule has 3 aromatic rings. The van der Waals surface area contributed by atoms with E-state index in [1.165, 1.54) is 6.92 Å². The molecule has 0 bridgehead atoms. The largest absolute Gasteiger partial charge is 0.457 e. The van der Waals surface area contributed by atoms with E-state index in [2.05, 4.69) is 40.0 Å². The van der Waals surface area contributed by atoms with Crippen molar-refractivity contribution in [3.05, 3.63) is 78.4 Å². The highest BCUT2D eigenvalue weighted by Gasteiger charge is 2.08. The smallest absolute Gasteiger partial charge is 0.323 e. The van der Waals surface area contributed by atoms with E-state index in [-0.39, 0.29) is 11.8 Å². The number of hydrogen-bond donors (Lipinski definition) is 4. The van der Waals surface area contributed by atoms with Crippen molar-refractivity contribution in [2.24, 2.45) is 0 Å². The van der Waals surface area contributed by atoms with Crippen LogP contribution in [0.4, 0.5) is 21.9 Å². The van der Waals surface area contributed by atoms with Gasteiger partial charge in [0.25, 0.3) is 5.91 Å². The standard InChI is InChI=1S/C28H33N5O4/c1-4-33(5-2)19-18-29-27(35)21-6-8-23(9-7-21)31-28(36)32-24-12-16-26(17-13-24)37-25-14-10-22(11-15-25)30-20(3)34/h6-17H,4-5,18-19H2,1-3H3,(H,29,35)(H,30,34)(H2,31,32,36). The number of likely N-dealkylation sites (N-methyl/N-ethyl adjacent to an activating group) is 1. The lowest BCUT2D eigenvalue weighted by molar-refractivity contribution is -0.114. The Balaban J connectivity index is 1.45. The maximum Gasteiger partial charge on any atom is 0.323 e. The molecule has 4 N–H and O–H groups in total. The highest BCUT2D eigenvalue weighted by atomic mass is 16.5. The van der Waals surface area contributed by atoms with Crippen LogP contribution in [0, 0.1) is 0 Å². The number of carbonyl (C=O) groups excluding carboxylic acids is 3. The van der Waals surface area contributed by atoms with Gasteiger partial charge >= 0.3 is 6.03 Å². The summed E-state index contributed by atoms with van der Waals surface area (Å²) in [6.45, 7) is 8.92. The summed E-state index contributed by atoms with van der Waals surface area (Å²) in [5.41, 5.74) is 2.38. The first-order chi connectivity index (χ1) is 17.9. The Morgan fingerprint density at radius 2 is 1.16 bits per heavy atom. The second kappa shape index (κ2) is 13.6. The number of ether oxygens (including phenoxy) is 1. The normalized spacial score (nSPS) is 10.5. The van der Waals surface area contributed by atoms with E-state index in [0.717, 1.165) is 19.6 Å². The molecule has 194 valence electrons. The first-order valence-corrected chi connectivity index (χ1v) is 12.2. The van der Waals surface area contributed by atoms with E-state index < -0.39 is 6.03 Å². The molecule has 0 fully saturated rings. The van der Waals surface area contributed by atoms with Gasteiger partial charge in [-0.1, -0.05) is 13.8 Å². The Bertz CT molecular complexity index is 1170. The van der Waals surface area contributed by atoms with Crippen molar-refractivity contribution in [3.63, 3.8) is 0 Å². The van der Waals surface area contributed by atoms with Gasteiger partial charge in [0.2, 0.25) is 5.91 Å². The molecule has 0 saturated heterocycles. The molecule has 9 heteroatoms. The topological polar surface area (TPSA) is 112 Å². The van der Waals surface area contributed by atoms with Gasteiger partial charge in [-0.2, -0.15) is 0 Å². The summed E-state index contributed by atoms with van der Waals surface area (Å²) >= 11 is 0. The lowest BCUT2D eigenvalue weighted by Gasteiger charge is -2.18. The van der Waals surface area contributed by atoms with Crippen LogP contribution < -0.4 is 26.0 Å². The van der Waals surface area contributed by atoms with Crippen LogP contribution in [0.3, 0.4) is 0 Å². The maximum atomic E-state index is 12.4. The molecular formula is C28H33N5O4. The van der Waals surface area contributed by atoms with Crippen molar-refractivity contribution in [1.82, 2.24) is 10.2 Å². The number of urea groups is 1. The quantitative estimate of drug-likeness (QED) is 0.289. The zero-order valence-corrected chi connectivity index (χ0v) is 21.3. The Labute approximate surface area is 217 Å². The molecule has 3 rings (SSSR count). The summed E-state index contributed by atoms with van der Waals surface area (Å²) in [5.74, 6) is 0.939. The lowest BCUT2D eigenvalue weighted by atomic mass is 10.2. The van der Waals surface area contributed by atoms with Gasteiger partial charge in [0.05, 0.1) is 0 Å². The minimum absolute atomic E-state index is 0.137. The second-order valence-corrected chi connectivity index (χ2v) is 8.27. The zero-order valence-electron chi connectivity index (χ0n) is 21.3. The van der Waals surface area contributed by atoms with Crippen molar-refractivity contribution in [3.8, 4) is 11.5 Å². The fraction of sp³-hybridized carbons (Fsp3) is 0.250. The van der Waals surface area contributed by atoms with Crippen molar-refractivity contribution >= 4 is 34.9 Å². The van der Waals surface area contributed by atoms with E-state index in [1.807, 2.05) is 0 Å². The van der Waals surface area contributed by atoms with Crippen LogP contribution in [0.1, 0.15) is 31.1 Å². The van der Waals surface area contributed by atoms with Crippen LogP contribution in [-0.4, -0.2) is 48.9 Å². The summed E-state index contributed by atoms with van der Waals surface area (Å²) in [6.07, 6.45) is 0. The van der Waals surface area contributed by atoms with Crippen LogP contribution >= 0.6 is 0 Å². The molecule has 0 saturated carbocycles. The fourth-order valence-electron chi connectivity index (χ4n) is 3.52. The zero-order chi connectivity index (χ0) is 26.6. The third-order valence-electron chi connectivity index (χ3n) is 5.54. The van der Waals surface area contributed by atoms with Gasteiger partial charge in [-0.05, 0) is 85.9 Å². The molecule has 0 aliphatic heterocycles. The monoisotopic (exact) mass is 503 g/mol. The number of anilines is 3. The van der Waals surface area contributed by atoms with Gasteiger partial charge in [0.15, 0.2) is 0 Å². The summed E-state index contributed by atoms with van der Waals surface area (Å²) in [6, 6.07) is 20.3. The molecule has 0 aliphatic carbocycles. The first-order valence-electron chi connectivity index (χ1n) is 12.2. The Morgan fingerprint density at radius 1 is 0.703 bits per heavy atom. The molecule has 0 atom stereocenters. The molecule has 37 heavy (non-hydrogen) atoms. The molecule has 4 amide bonds. The van der Waals surface area contributed by atoms with Gasteiger partial charge in [0.1, 0.15) is 11.5 Å². The molecule has 0 spiro atoms. The number of carbonyl (C=O) groups is 3. The van der Waals surface area contributed by atoms with E-state index >= 15 is 0 Å². The Kier molecular flexibility index (Phi) is 10.0. The predicted octanol–water partition coefficient (Wildman–Crippen LogP) is 5.15. The van der Waals surface area contributed by atoms with Crippen molar-refractivity contribution in [2.45, 2.75) is 20.8 Å². The highest BCUT2D eigenvalue weighted by Crippen LogP contribution is 2.24. The molecule has 9 nitrogen and oxygen atoms in total. The van der Waals surface area contributed by atoms with E-state index in [9.17, 15) is 14.4 Å². The summed E-state index contributed by atoms with van der Waals surface area (Å²) in [4.78, 5) is 38.0. The number of benzene rings is 3. The van der Waals surface area contributed by atoms with Crippen molar-refractivity contribution in [2.75, 3.05) is 42.1 Å². The number of nitrogens with zero attached hydrogens (tertiary/aromatic N) is 1. The molecule has 0 radical (unpaired) electrons. The van der Waals surface area contributed by atoms with Gasteiger partial charge in [0, 0.05) is 42.6 Å². The van der Waals surface area contributed by atoms with E-state index in [0.29, 0.717) is 40.7 Å². The number of hydrogen-bond acceptors (Lipinski definition) is 5. The molecule has 0 aliphatic rings. The lowest BCUT2D eigenvalue weighted by Crippen LogP contribution is -2.34. The average molecular weight is 504 g/mol. The van der Waals surface area contributed by atoms with Crippen LogP contribution in [-0.2, 0) is 4.79 Å². The summed E-state index contributed by atoms with van der Waals surface area (Å²) < 4.78 is 5.80. The minimum Gasteiger partial charge on any atom is -0.457 e.